The van der Waals surface area contributed by atoms with Gasteiger partial charge < -0.3 is 4.74 Å². The van der Waals surface area contributed by atoms with Crippen LogP contribution < -0.4 is 0 Å². The fourth-order valence-electron chi connectivity index (χ4n) is 2.91. The Morgan fingerprint density at radius 1 is 1.26 bits per heavy atom. The number of rotatable bonds is 4. The molecule has 0 radical (unpaired) electrons. The molecule has 1 aliphatic heterocycles. The monoisotopic (exact) mass is 396 g/mol. The van der Waals surface area contributed by atoms with Crippen LogP contribution in [0.3, 0.4) is 0 Å². The van der Waals surface area contributed by atoms with Crippen LogP contribution in [-0.4, -0.2) is 58.1 Å². The first-order chi connectivity index (χ1) is 12.9. The number of aromatic nitrogens is 3. The van der Waals surface area contributed by atoms with Gasteiger partial charge in [-0.15, -0.1) is 11.3 Å². The average Bonchev–Trinajstić information content (AvgIpc) is 3.30. The molecule has 0 amide bonds. The number of fused-ring (bicyclic) bond motifs is 1. The minimum Gasteiger partial charge on any atom is -0.379 e. The Balaban J connectivity index is 1.72. The summed E-state index contributed by atoms with van der Waals surface area (Å²) in [6, 6.07) is 5.72. The zero-order valence-electron chi connectivity index (χ0n) is 14.1. The van der Waals surface area contributed by atoms with Crippen LogP contribution in [0.4, 0.5) is 13.2 Å². The molecule has 27 heavy (non-hydrogen) atoms. The molecule has 6 nitrogen and oxygen atoms in total. The van der Waals surface area contributed by atoms with Crippen LogP contribution in [0, 0.1) is 0 Å². The number of ketones is 1. The maximum Gasteiger partial charge on any atom is 0.433 e. The third-order valence-corrected chi connectivity index (χ3v) is 5.14. The van der Waals surface area contributed by atoms with E-state index >= 15 is 0 Å². The second kappa shape index (κ2) is 7.02. The third kappa shape index (κ3) is 3.73. The van der Waals surface area contributed by atoms with Crippen molar-refractivity contribution in [2.45, 2.75) is 6.18 Å². The molecule has 1 saturated heterocycles. The van der Waals surface area contributed by atoms with E-state index in [1.165, 1.54) is 17.4 Å². The van der Waals surface area contributed by atoms with Gasteiger partial charge in [-0.05, 0) is 17.5 Å². The topological polar surface area (TPSA) is 59.7 Å². The van der Waals surface area contributed by atoms with Crippen molar-refractivity contribution >= 4 is 22.8 Å². The lowest BCUT2D eigenvalue weighted by atomic mass is 10.2. The number of hydrogen-bond acceptors (Lipinski definition) is 6. The lowest BCUT2D eigenvalue weighted by molar-refractivity contribution is -0.142. The number of thiophene rings is 1. The van der Waals surface area contributed by atoms with Crippen molar-refractivity contribution in [3.05, 3.63) is 41.0 Å². The van der Waals surface area contributed by atoms with Crippen molar-refractivity contribution in [2.24, 2.45) is 0 Å². The van der Waals surface area contributed by atoms with Gasteiger partial charge in [-0.1, -0.05) is 6.07 Å². The van der Waals surface area contributed by atoms with E-state index in [9.17, 15) is 18.0 Å². The van der Waals surface area contributed by atoms with Gasteiger partial charge in [0.2, 0.25) is 0 Å². The van der Waals surface area contributed by atoms with Crippen molar-refractivity contribution in [3.63, 3.8) is 0 Å². The normalized spacial score (nSPS) is 16.1. The van der Waals surface area contributed by atoms with E-state index in [-0.39, 0.29) is 29.4 Å². The number of alkyl halides is 3. The summed E-state index contributed by atoms with van der Waals surface area (Å²) < 4.78 is 46.5. The van der Waals surface area contributed by atoms with Gasteiger partial charge in [-0.2, -0.15) is 18.3 Å². The summed E-state index contributed by atoms with van der Waals surface area (Å²) in [5.74, 6) is -0.340. The molecular formula is C17H15F3N4O2S. The molecule has 10 heteroatoms. The Hall–Kier alpha value is -2.30. The predicted octanol–water partition coefficient (Wildman–Crippen LogP) is 2.99. The smallest absolute Gasteiger partial charge is 0.379 e. The summed E-state index contributed by atoms with van der Waals surface area (Å²) in [4.78, 5) is 19.3. The number of carbonyl (C=O) groups is 1. The average molecular weight is 396 g/mol. The van der Waals surface area contributed by atoms with E-state index in [1.54, 1.807) is 17.5 Å². The lowest BCUT2D eigenvalue weighted by Gasteiger charge is -2.25. The van der Waals surface area contributed by atoms with Crippen molar-refractivity contribution < 1.29 is 22.7 Å². The molecule has 0 aliphatic carbocycles. The number of nitrogens with zero attached hydrogens (tertiary/aromatic N) is 4. The van der Waals surface area contributed by atoms with Crippen LogP contribution in [0.15, 0.2) is 29.6 Å². The number of hydrogen-bond donors (Lipinski definition) is 0. The van der Waals surface area contributed by atoms with E-state index in [2.05, 4.69) is 10.1 Å². The van der Waals surface area contributed by atoms with Gasteiger partial charge in [0.1, 0.15) is 5.69 Å². The zero-order chi connectivity index (χ0) is 19.0. The Morgan fingerprint density at radius 2 is 2.04 bits per heavy atom. The van der Waals surface area contributed by atoms with Crippen LogP contribution in [0.1, 0.15) is 16.2 Å². The molecule has 4 rings (SSSR count). The van der Waals surface area contributed by atoms with E-state index in [4.69, 9.17) is 4.74 Å². The fraction of sp³-hybridized carbons (Fsp3) is 0.353. The summed E-state index contributed by atoms with van der Waals surface area (Å²) in [6.45, 7) is 2.36. The van der Waals surface area contributed by atoms with Crippen LogP contribution in [0.5, 0.6) is 0 Å². The first kappa shape index (κ1) is 18.1. The maximum atomic E-state index is 13.5. The Bertz CT molecular complexity index is 963. The fourth-order valence-corrected chi connectivity index (χ4v) is 3.59. The van der Waals surface area contributed by atoms with Gasteiger partial charge in [0.15, 0.2) is 17.1 Å². The second-order valence-corrected chi connectivity index (χ2v) is 7.06. The molecule has 4 heterocycles. The molecular weight excluding hydrogens is 381 g/mol. The number of morpholine rings is 1. The van der Waals surface area contributed by atoms with Gasteiger partial charge in [0, 0.05) is 19.2 Å². The van der Waals surface area contributed by atoms with Gasteiger partial charge in [0.25, 0.3) is 0 Å². The van der Waals surface area contributed by atoms with Crippen LogP contribution >= 0.6 is 11.3 Å². The molecule has 0 bridgehead atoms. The molecule has 0 saturated carbocycles. The molecule has 0 N–H and O–H groups in total. The molecule has 3 aromatic heterocycles. The van der Waals surface area contributed by atoms with Gasteiger partial charge in [0.05, 0.1) is 30.3 Å². The quantitative estimate of drug-likeness (QED) is 0.635. The minimum absolute atomic E-state index is 0.00134. The SMILES string of the molecule is O=C(CN1CCOCC1)c1cc2nc(-c3cccs3)cc(C(F)(F)F)n2n1. The lowest BCUT2D eigenvalue weighted by Crippen LogP contribution is -2.39. The molecule has 3 aromatic rings. The number of halogens is 3. The first-order valence-electron chi connectivity index (χ1n) is 8.27. The number of ether oxygens (including phenoxy) is 1. The summed E-state index contributed by atoms with van der Waals surface area (Å²) in [5, 5.41) is 5.66. The molecule has 1 fully saturated rings. The molecule has 0 aromatic carbocycles. The Morgan fingerprint density at radius 3 is 2.70 bits per heavy atom. The van der Waals surface area contributed by atoms with Crippen LogP contribution in [-0.2, 0) is 10.9 Å². The van der Waals surface area contributed by atoms with E-state index < -0.39 is 11.9 Å². The van der Waals surface area contributed by atoms with Gasteiger partial charge in [-0.25, -0.2) is 9.50 Å². The molecule has 142 valence electrons. The predicted molar refractivity (Wildman–Crippen MR) is 92.9 cm³/mol. The third-order valence-electron chi connectivity index (χ3n) is 4.25. The van der Waals surface area contributed by atoms with E-state index in [1.807, 2.05) is 4.90 Å². The van der Waals surface area contributed by atoms with Crippen molar-refractivity contribution in [3.8, 4) is 10.6 Å². The highest BCUT2D eigenvalue weighted by Crippen LogP contribution is 2.33. The highest BCUT2D eigenvalue weighted by atomic mass is 32.1. The minimum atomic E-state index is -4.62. The maximum absolute atomic E-state index is 13.5. The van der Waals surface area contributed by atoms with E-state index in [0.29, 0.717) is 35.7 Å². The van der Waals surface area contributed by atoms with Gasteiger partial charge in [-0.3, -0.25) is 9.69 Å². The zero-order valence-corrected chi connectivity index (χ0v) is 14.9. The standard InChI is InChI=1S/C17H15F3N4O2S/c18-17(19,20)15-8-12(14-2-1-7-27-14)21-16-9-11(22-24(15)16)13(25)10-23-3-5-26-6-4-23/h1-2,7-9H,3-6,10H2. The summed E-state index contributed by atoms with van der Waals surface area (Å²) in [6.07, 6.45) is -4.62. The highest BCUT2D eigenvalue weighted by molar-refractivity contribution is 7.13. The second-order valence-electron chi connectivity index (χ2n) is 6.11. The summed E-state index contributed by atoms with van der Waals surface area (Å²) in [5.41, 5.74) is -0.778. The van der Waals surface area contributed by atoms with Crippen molar-refractivity contribution in [1.29, 1.82) is 0 Å². The van der Waals surface area contributed by atoms with Crippen molar-refractivity contribution in [1.82, 2.24) is 19.5 Å². The van der Waals surface area contributed by atoms with Gasteiger partial charge >= 0.3 is 6.18 Å². The van der Waals surface area contributed by atoms with Crippen LogP contribution in [0.2, 0.25) is 0 Å². The highest BCUT2D eigenvalue weighted by Gasteiger charge is 2.35. The van der Waals surface area contributed by atoms with E-state index in [0.717, 1.165) is 6.07 Å². The number of carbonyl (C=O) groups excluding carboxylic acids is 1. The van der Waals surface area contributed by atoms with Crippen LogP contribution in [0.25, 0.3) is 16.2 Å². The molecule has 0 atom stereocenters. The number of Topliss-reactive ketones (excluding diaryl/α,β-unsaturated/α-hetero) is 1. The largest absolute Gasteiger partial charge is 0.433 e. The summed E-state index contributed by atoms with van der Waals surface area (Å²) in [7, 11) is 0. The summed E-state index contributed by atoms with van der Waals surface area (Å²) >= 11 is 1.30. The molecule has 0 spiro atoms. The molecule has 1 aliphatic rings. The Labute approximate surface area is 156 Å². The molecule has 0 unspecified atom stereocenters. The van der Waals surface area contributed by atoms with Crippen molar-refractivity contribution in [2.75, 3.05) is 32.8 Å². The Kier molecular flexibility index (Phi) is 4.70. The first-order valence-corrected chi connectivity index (χ1v) is 9.15.